The number of anilines is 1. The van der Waals surface area contributed by atoms with Crippen molar-refractivity contribution in [1.29, 1.82) is 0 Å². The van der Waals surface area contributed by atoms with Crippen molar-refractivity contribution >= 4 is 16.7 Å². The van der Waals surface area contributed by atoms with Crippen LogP contribution in [0.2, 0.25) is 0 Å². The Kier molecular flexibility index (Phi) is 3.25. The highest BCUT2D eigenvalue weighted by Crippen LogP contribution is 2.28. The van der Waals surface area contributed by atoms with E-state index in [0.29, 0.717) is 12.2 Å². The first kappa shape index (κ1) is 13.1. The van der Waals surface area contributed by atoms with Crippen LogP contribution < -0.4 is 10.5 Å². The average molecular weight is 277 g/mol. The van der Waals surface area contributed by atoms with E-state index in [9.17, 15) is 0 Å². The smallest absolute Gasteiger partial charge is 0.142 e. The number of nitrogens with two attached hydrogens (primary N) is 1. The lowest BCUT2D eigenvalue weighted by Crippen LogP contribution is -1.99. The maximum atomic E-state index is 5.86. The summed E-state index contributed by atoms with van der Waals surface area (Å²) in [6.07, 6.45) is 5.50. The Morgan fingerprint density at radius 2 is 2.14 bits per heavy atom. The van der Waals surface area contributed by atoms with Crippen LogP contribution in [-0.2, 0) is 6.54 Å². The summed E-state index contributed by atoms with van der Waals surface area (Å²) in [6, 6.07) is 13.4. The molecule has 0 aliphatic rings. The maximum Gasteiger partial charge on any atom is 0.142 e. The quantitative estimate of drug-likeness (QED) is 0.591. The fourth-order valence-electron chi connectivity index (χ4n) is 2.39. The molecule has 0 spiro atoms. The van der Waals surface area contributed by atoms with Crippen LogP contribution >= 0.6 is 0 Å². The third-order valence-corrected chi connectivity index (χ3v) is 3.35. The van der Waals surface area contributed by atoms with Gasteiger partial charge in [-0.05, 0) is 24.3 Å². The molecular weight excluding hydrogens is 262 g/mol. The molecule has 21 heavy (non-hydrogen) atoms. The van der Waals surface area contributed by atoms with E-state index < -0.39 is 0 Å². The van der Waals surface area contributed by atoms with Gasteiger partial charge in [0.15, 0.2) is 0 Å². The molecule has 0 saturated heterocycles. The van der Waals surface area contributed by atoms with Crippen LogP contribution in [0.5, 0.6) is 5.75 Å². The normalized spacial score (nSPS) is 10.5. The van der Waals surface area contributed by atoms with E-state index in [4.69, 9.17) is 16.9 Å². The molecule has 1 heterocycles. The lowest BCUT2D eigenvalue weighted by Gasteiger charge is -2.06. The minimum atomic E-state index is 0.451. The molecule has 0 atom stereocenters. The van der Waals surface area contributed by atoms with Crippen molar-refractivity contribution in [3.05, 3.63) is 42.5 Å². The second kappa shape index (κ2) is 5.22. The number of methoxy groups -OCH3 is 1. The zero-order valence-electron chi connectivity index (χ0n) is 11.7. The van der Waals surface area contributed by atoms with Crippen molar-refractivity contribution in [1.82, 2.24) is 9.55 Å². The largest absolute Gasteiger partial charge is 0.497 e. The van der Waals surface area contributed by atoms with Crippen molar-refractivity contribution in [3.8, 4) is 29.5 Å². The Morgan fingerprint density at radius 1 is 1.29 bits per heavy atom. The van der Waals surface area contributed by atoms with Crippen molar-refractivity contribution in [2.45, 2.75) is 6.54 Å². The highest BCUT2D eigenvalue weighted by molar-refractivity contribution is 5.82. The summed E-state index contributed by atoms with van der Waals surface area (Å²) in [5, 5.41) is 0. The molecule has 4 heteroatoms. The third-order valence-electron chi connectivity index (χ3n) is 3.35. The number of ether oxygens (including phenoxy) is 1. The van der Waals surface area contributed by atoms with Crippen LogP contribution in [0, 0.1) is 12.3 Å². The molecule has 0 aliphatic carbocycles. The predicted molar refractivity (Wildman–Crippen MR) is 85.0 cm³/mol. The van der Waals surface area contributed by atoms with Crippen LogP contribution in [0.3, 0.4) is 0 Å². The summed E-state index contributed by atoms with van der Waals surface area (Å²) in [5.74, 6) is 4.26. The van der Waals surface area contributed by atoms with Crippen LogP contribution in [-0.4, -0.2) is 16.7 Å². The van der Waals surface area contributed by atoms with Gasteiger partial charge in [-0.25, -0.2) is 4.98 Å². The van der Waals surface area contributed by atoms with Gasteiger partial charge < -0.3 is 15.0 Å². The van der Waals surface area contributed by atoms with Crippen LogP contribution in [0.25, 0.3) is 22.4 Å². The molecule has 0 fully saturated rings. The van der Waals surface area contributed by atoms with E-state index in [0.717, 1.165) is 28.2 Å². The Labute approximate surface area is 123 Å². The van der Waals surface area contributed by atoms with Gasteiger partial charge in [0.05, 0.1) is 24.7 Å². The number of hydrogen-bond acceptors (Lipinski definition) is 3. The molecule has 0 bridgehead atoms. The summed E-state index contributed by atoms with van der Waals surface area (Å²) in [4.78, 5) is 4.68. The number of nitrogen functional groups attached to an aromatic ring is 1. The van der Waals surface area contributed by atoms with Crippen LogP contribution in [0.4, 0.5) is 5.69 Å². The molecular formula is C17H15N3O. The lowest BCUT2D eigenvalue weighted by molar-refractivity contribution is 0.415. The summed E-state index contributed by atoms with van der Waals surface area (Å²) < 4.78 is 7.25. The van der Waals surface area contributed by atoms with Crippen LogP contribution in [0.1, 0.15) is 0 Å². The number of rotatable bonds is 3. The zero-order chi connectivity index (χ0) is 14.8. The number of hydrogen-bond donors (Lipinski definition) is 1. The summed E-state index contributed by atoms with van der Waals surface area (Å²) in [7, 11) is 1.64. The summed E-state index contributed by atoms with van der Waals surface area (Å²) in [6.45, 7) is 0.451. The Morgan fingerprint density at radius 3 is 2.86 bits per heavy atom. The summed E-state index contributed by atoms with van der Waals surface area (Å²) >= 11 is 0. The number of aromatic nitrogens is 2. The lowest BCUT2D eigenvalue weighted by atomic mass is 10.2. The summed E-state index contributed by atoms with van der Waals surface area (Å²) in [5.41, 5.74) is 9.33. The fourth-order valence-corrected chi connectivity index (χ4v) is 2.39. The first-order valence-electron chi connectivity index (χ1n) is 6.56. The number of nitrogens with zero attached hydrogens (tertiary/aromatic N) is 2. The molecule has 104 valence electrons. The van der Waals surface area contributed by atoms with Gasteiger partial charge in [0.25, 0.3) is 0 Å². The minimum Gasteiger partial charge on any atom is -0.497 e. The van der Waals surface area contributed by atoms with Gasteiger partial charge in [-0.15, -0.1) is 6.42 Å². The highest BCUT2D eigenvalue weighted by atomic mass is 16.5. The Hall–Kier alpha value is -2.93. The Balaban J connectivity index is 2.26. The average Bonchev–Trinajstić information content (AvgIpc) is 2.85. The van der Waals surface area contributed by atoms with Crippen LogP contribution in [0.15, 0.2) is 42.5 Å². The molecule has 2 aromatic carbocycles. The van der Waals surface area contributed by atoms with Crippen molar-refractivity contribution < 1.29 is 4.74 Å². The third kappa shape index (κ3) is 2.30. The first-order valence-corrected chi connectivity index (χ1v) is 6.56. The Bertz CT molecular complexity index is 843. The van der Waals surface area contributed by atoms with Crippen molar-refractivity contribution in [2.24, 2.45) is 0 Å². The second-order valence-corrected chi connectivity index (χ2v) is 4.71. The minimum absolute atomic E-state index is 0.451. The van der Waals surface area contributed by atoms with Crippen molar-refractivity contribution in [3.63, 3.8) is 0 Å². The second-order valence-electron chi connectivity index (χ2n) is 4.71. The van der Waals surface area contributed by atoms with E-state index in [-0.39, 0.29) is 0 Å². The standard InChI is InChI=1S/C17H15N3O/c1-3-9-20-16-8-7-14(21-2)11-15(16)19-17(20)12-5-4-6-13(18)10-12/h1,4-8,10-11H,9,18H2,2H3. The van der Waals surface area contributed by atoms with Crippen molar-refractivity contribution in [2.75, 3.05) is 12.8 Å². The van der Waals surface area contributed by atoms with E-state index in [1.54, 1.807) is 7.11 Å². The van der Waals surface area contributed by atoms with Gasteiger partial charge in [0.1, 0.15) is 11.6 Å². The molecule has 4 nitrogen and oxygen atoms in total. The molecule has 2 N–H and O–H groups in total. The molecule has 0 amide bonds. The molecule has 3 aromatic rings. The monoisotopic (exact) mass is 277 g/mol. The van der Waals surface area contributed by atoms with E-state index >= 15 is 0 Å². The van der Waals surface area contributed by atoms with Gasteiger partial charge in [0, 0.05) is 17.3 Å². The maximum absolute atomic E-state index is 5.86. The number of benzene rings is 2. The predicted octanol–water partition coefficient (Wildman–Crippen LogP) is 2.93. The first-order chi connectivity index (χ1) is 10.2. The molecule has 0 aliphatic heterocycles. The number of imidazole rings is 1. The van der Waals surface area contributed by atoms with E-state index in [2.05, 4.69) is 10.9 Å². The number of fused-ring (bicyclic) bond motifs is 1. The van der Waals surface area contributed by atoms with Gasteiger partial charge in [0.2, 0.25) is 0 Å². The topological polar surface area (TPSA) is 53.1 Å². The zero-order valence-corrected chi connectivity index (χ0v) is 11.7. The van der Waals surface area contributed by atoms with E-state index in [1.807, 2.05) is 47.0 Å². The molecule has 1 aromatic heterocycles. The molecule has 0 unspecified atom stereocenters. The van der Waals surface area contributed by atoms with Gasteiger partial charge in [-0.2, -0.15) is 0 Å². The number of terminal acetylenes is 1. The molecule has 0 radical (unpaired) electrons. The molecule has 0 saturated carbocycles. The van der Waals surface area contributed by atoms with Gasteiger partial charge >= 0.3 is 0 Å². The highest BCUT2D eigenvalue weighted by Gasteiger charge is 2.12. The molecule has 3 rings (SSSR count). The van der Waals surface area contributed by atoms with E-state index in [1.165, 1.54) is 0 Å². The van der Waals surface area contributed by atoms with Gasteiger partial charge in [-0.3, -0.25) is 0 Å². The fraction of sp³-hybridized carbons (Fsp3) is 0.118. The SMILES string of the molecule is C#CCn1c(-c2cccc(N)c2)nc2cc(OC)ccc21. The van der Waals surface area contributed by atoms with Gasteiger partial charge in [-0.1, -0.05) is 18.1 Å².